The van der Waals surface area contributed by atoms with Crippen LogP contribution in [0.1, 0.15) is 63.0 Å². The smallest absolute Gasteiger partial charge is 0.415 e. The van der Waals surface area contributed by atoms with E-state index in [1.807, 2.05) is 12.1 Å². The normalized spacial score (nSPS) is 26.4. The second-order valence-corrected chi connectivity index (χ2v) is 14.3. The first-order valence-corrected chi connectivity index (χ1v) is 18.1. The first-order valence-electron chi connectivity index (χ1n) is 17.3. The average molecular weight is 700 g/mol. The molecular weight excluding hydrogens is 645 g/mol. The fourth-order valence-electron chi connectivity index (χ4n) is 8.63. The molecule has 49 heavy (non-hydrogen) atoms. The van der Waals surface area contributed by atoms with E-state index in [1.165, 1.54) is 23.1 Å². The number of carbonyl (C=O) groups is 3. The number of allylic oxidation sites excluding steroid dienone is 1. The lowest BCUT2D eigenvalue weighted by Crippen LogP contribution is -2.69. The molecule has 14 heteroatoms. The second kappa shape index (κ2) is 15.2. The van der Waals surface area contributed by atoms with E-state index in [4.69, 9.17) is 19.9 Å². The molecule has 3 amide bonds. The molecule has 2 aliphatic carbocycles. The molecule has 1 aromatic rings. The van der Waals surface area contributed by atoms with Gasteiger partial charge in [0.05, 0.1) is 24.4 Å². The van der Waals surface area contributed by atoms with Gasteiger partial charge in [-0.25, -0.2) is 4.79 Å². The molecule has 0 saturated carbocycles. The van der Waals surface area contributed by atoms with Crippen molar-refractivity contribution in [3.05, 3.63) is 35.1 Å². The number of nitrogens with two attached hydrogens (primary N) is 1. The number of hydrogen-bond acceptors (Lipinski definition) is 9. The third-order valence-electron chi connectivity index (χ3n) is 11.5. The number of nitrogens with zero attached hydrogens (tertiary/aromatic N) is 3. The van der Waals surface area contributed by atoms with Crippen molar-refractivity contribution in [2.75, 3.05) is 54.7 Å². The van der Waals surface area contributed by atoms with Crippen LogP contribution in [0.3, 0.4) is 0 Å². The highest BCUT2D eigenvalue weighted by Crippen LogP contribution is 2.68. The van der Waals surface area contributed by atoms with E-state index in [0.29, 0.717) is 42.5 Å². The molecule has 7 atom stereocenters. The maximum atomic E-state index is 13.9. The molecule has 5 rings (SSSR count). The van der Waals surface area contributed by atoms with Crippen molar-refractivity contribution in [2.45, 2.75) is 87.9 Å². The SMILES string of the molecule is CN=C(N)CCCCC[C@H](NC)C(=O)NCC(C(=O)NCP)N(C)C(=O)OC1=CC[C@@]2(C)[C@H]3Cc4ccc(OC)c5c4[C@@]2(CCN3C)[C@H]1O5. The number of benzene rings is 1. The molecule has 2 aliphatic heterocycles. The summed E-state index contributed by atoms with van der Waals surface area (Å²) in [5.41, 5.74) is 7.66. The van der Waals surface area contributed by atoms with Gasteiger partial charge < -0.3 is 40.8 Å². The number of aliphatic imine (C=N–C) groups is 1. The number of likely N-dealkylation sites (N-methyl/N-ethyl adjacent to an activating group) is 3. The summed E-state index contributed by atoms with van der Waals surface area (Å²) in [6.45, 7) is 3.15. The molecule has 13 nitrogen and oxygen atoms in total. The Bertz CT molecular complexity index is 1490. The van der Waals surface area contributed by atoms with Crippen LogP contribution in [0, 0.1) is 5.41 Å². The number of amidine groups is 1. The number of amides is 3. The van der Waals surface area contributed by atoms with Gasteiger partial charge in [0.25, 0.3) is 0 Å². The van der Waals surface area contributed by atoms with Crippen molar-refractivity contribution in [3.63, 3.8) is 0 Å². The summed E-state index contributed by atoms with van der Waals surface area (Å²) in [7, 11) is 11.2. The number of likely N-dealkylation sites (tertiary alicyclic amines) is 1. The van der Waals surface area contributed by atoms with Crippen LogP contribution in [0.2, 0.25) is 0 Å². The van der Waals surface area contributed by atoms with E-state index in [9.17, 15) is 14.4 Å². The lowest BCUT2D eigenvalue weighted by atomic mass is 9.45. The minimum absolute atomic E-state index is 0.0798. The fourth-order valence-corrected chi connectivity index (χ4v) is 8.83. The van der Waals surface area contributed by atoms with Crippen molar-refractivity contribution in [1.29, 1.82) is 0 Å². The van der Waals surface area contributed by atoms with Gasteiger partial charge in [0, 0.05) is 50.4 Å². The summed E-state index contributed by atoms with van der Waals surface area (Å²) in [6, 6.07) is 2.96. The summed E-state index contributed by atoms with van der Waals surface area (Å²) in [6.07, 6.45) is 7.51. The number of rotatable bonds is 15. The van der Waals surface area contributed by atoms with Gasteiger partial charge in [-0.2, -0.15) is 0 Å². The van der Waals surface area contributed by atoms with Crippen LogP contribution in [0.25, 0.3) is 0 Å². The standard InChI is InChI=1S/C35H54N7O6P/c1-34-15-14-25(30-35(34)16-17-41(4)26(34)18-21-12-13-24(46-6)29(48-30)28(21)35)47-33(45)42(5)23(32(44)40-20-49)19-39-31(43)22(37-2)10-8-7-9-11-27(36)38-3/h12-14,22-23,26,30,37H,7-11,15-20,49H2,1-6H3,(H2,36,38)(H,39,43)(H,40,44)/t22-,23?,26+,30-,34-,35-/m0/s1. The highest BCUT2D eigenvalue weighted by molar-refractivity contribution is 7.16. The van der Waals surface area contributed by atoms with Crippen LogP contribution in [0.15, 0.2) is 29.0 Å². The van der Waals surface area contributed by atoms with Crippen LogP contribution < -0.4 is 31.2 Å². The van der Waals surface area contributed by atoms with Crippen LogP contribution >= 0.6 is 9.24 Å². The van der Waals surface area contributed by atoms with Crippen molar-refractivity contribution in [1.82, 2.24) is 25.8 Å². The van der Waals surface area contributed by atoms with Gasteiger partial charge >= 0.3 is 6.09 Å². The number of unbranched alkanes of at least 4 members (excludes halogenated alkanes) is 2. The van der Waals surface area contributed by atoms with Crippen molar-refractivity contribution in [3.8, 4) is 11.5 Å². The van der Waals surface area contributed by atoms with E-state index in [-0.39, 0.29) is 17.9 Å². The monoisotopic (exact) mass is 699 g/mol. The minimum Gasteiger partial charge on any atom is -0.493 e. The molecule has 1 spiro atoms. The van der Waals surface area contributed by atoms with Crippen LogP contribution in [0.5, 0.6) is 11.5 Å². The minimum atomic E-state index is -1.01. The Morgan fingerprint density at radius 2 is 2.00 bits per heavy atom. The summed E-state index contributed by atoms with van der Waals surface area (Å²) >= 11 is 0. The number of methoxy groups -OCH3 is 1. The lowest BCUT2D eigenvalue weighted by Gasteiger charge is -2.63. The van der Waals surface area contributed by atoms with E-state index in [0.717, 1.165) is 50.8 Å². The summed E-state index contributed by atoms with van der Waals surface area (Å²) in [4.78, 5) is 48.0. The highest BCUT2D eigenvalue weighted by Gasteiger charge is 2.70. The maximum Gasteiger partial charge on any atom is 0.415 e. The largest absolute Gasteiger partial charge is 0.493 e. The second-order valence-electron chi connectivity index (χ2n) is 13.9. The number of hydrogen-bond donors (Lipinski definition) is 4. The Labute approximate surface area is 292 Å². The molecule has 1 fully saturated rings. The van der Waals surface area contributed by atoms with Crippen LogP contribution in [0.4, 0.5) is 4.79 Å². The third-order valence-corrected chi connectivity index (χ3v) is 11.7. The van der Waals surface area contributed by atoms with Gasteiger partial charge in [0.1, 0.15) is 11.8 Å². The predicted octanol–water partition coefficient (Wildman–Crippen LogP) is 2.28. The Morgan fingerprint density at radius 1 is 1.22 bits per heavy atom. The van der Waals surface area contributed by atoms with E-state index < -0.39 is 35.6 Å². The molecule has 1 saturated heterocycles. The van der Waals surface area contributed by atoms with Crippen molar-refractivity contribution >= 4 is 33.0 Å². The van der Waals surface area contributed by atoms with E-state index >= 15 is 0 Å². The number of carbonyl (C=O) groups excluding carboxylic acids is 3. The topological polar surface area (TPSA) is 160 Å². The quantitative estimate of drug-likeness (QED) is 0.0933. The average Bonchev–Trinajstić information content (AvgIpc) is 3.45. The Kier molecular flexibility index (Phi) is 11.5. The van der Waals surface area contributed by atoms with E-state index in [1.54, 1.807) is 21.2 Å². The third kappa shape index (κ3) is 6.61. The molecule has 0 radical (unpaired) electrons. The molecule has 0 aromatic heterocycles. The molecule has 5 N–H and O–H groups in total. The van der Waals surface area contributed by atoms with Gasteiger partial charge in [0.15, 0.2) is 17.6 Å². The zero-order chi connectivity index (χ0) is 35.5. The van der Waals surface area contributed by atoms with Gasteiger partial charge in [-0.15, -0.1) is 9.24 Å². The zero-order valence-corrected chi connectivity index (χ0v) is 30.9. The molecule has 2 bridgehead atoms. The molecule has 1 aromatic carbocycles. The van der Waals surface area contributed by atoms with Gasteiger partial charge in [-0.1, -0.05) is 25.8 Å². The summed E-state index contributed by atoms with van der Waals surface area (Å²) in [5, 5.41) is 8.71. The van der Waals surface area contributed by atoms with Crippen LogP contribution in [-0.2, 0) is 26.2 Å². The first-order chi connectivity index (χ1) is 23.5. The van der Waals surface area contributed by atoms with Crippen molar-refractivity contribution < 1.29 is 28.6 Å². The summed E-state index contributed by atoms with van der Waals surface area (Å²) in [5.74, 6) is 1.82. The Balaban J connectivity index is 1.30. The Hall–Kier alpha value is -3.41. The summed E-state index contributed by atoms with van der Waals surface area (Å²) < 4.78 is 18.7. The zero-order valence-electron chi connectivity index (χ0n) is 29.8. The number of ether oxygens (including phenoxy) is 3. The van der Waals surface area contributed by atoms with Crippen molar-refractivity contribution in [2.24, 2.45) is 16.1 Å². The number of piperidine rings is 1. The molecular formula is C35H54N7O6P. The maximum absolute atomic E-state index is 13.9. The van der Waals surface area contributed by atoms with Gasteiger partial charge in [-0.3, -0.25) is 19.5 Å². The first kappa shape index (κ1) is 36.9. The van der Waals surface area contributed by atoms with Gasteiger partial charge in [-0.05, 0) is 70.5 Å². The molecule has 270 valence electrons. The molecule has 2 unspecified atom stereocenters. The lowest BCUT2D eigenvalue weighted by molar-refractivity contribution is -0.126. The van der Waals surface area contributed by atoms with Crippen LogP contribution in [-0.4, -0.2) is 112 Å². The van der Waals surface area contributed by atoms with Gasteiger partial charge in [0.2, 0.25) is 11.8 Å². The predicted molar refractivity (Wildman–Crippen MR) is 192 cm³/mol. The molecule has 2 heterocycles. The highest BCUT2D eigenvalue weighted by atomic mass is 31.0. The fraction of sp³-hybridized carbons (Fsp3) is 0.657. The Morgan fingerprint density at radius 3 is 2.69 bits per heavy atom. The molecule has 4 aliphatic rings. The van der Waals surface area contributed by atoms with E-state index in [2.05, 4.69) is 55.1 Å². The number of nitrogens with one attached hydrogen (secondary N) is 3.